The first kappa shape index (κ1) is 11.7. The minimum Gasteiger partial charge on any atom is -0.481 e. The third kappa shape index (κ3) is 2.16. The molecule has 0 fully saturated rings. The predicted octanol–water partition coefficient (Wildman–Crippen LogP) is 1.17. The first-order chi connectivity index (χ1) is 9.13. The van der Waals surface area contributed by atoms with Gasteiger partial charge in [-0.1, -0.05) is 12.1 Å². The van der Waals surface area contributed by atoms with Crippen LogP contribution in [-0.2, 0) is 17.8 Å². The number of rotatable bonds is 2. The summed E-state index contributed by atoms with van der Waals surface area (Å²) in [6.45, 7) is 0.599. The van der Waals surface area contributed by atoms with Crippen LogP contribution in [0.5, 0.6) is 0 Å². The first-order valence-corrected chi connectivity index (χ1v) is 6.16. The van der Waals surface area contributed by atoms with E-state index in [2.05, 4.69) is 10.1 Å². The lowest BCUT2D eigenvalue weighted by Crippen LogP contribution is -2.26. The molecule has 2 aromatic rings. The number of nitrogens with two attached hydrogens (primary N) is 1. The average molecular weight is 258 g/mol. The van der Waals surface area contributed by atoms with Gasteiger partial charge in [-0.25, -0.2) is 9.67 Å². The lowest BCUT2D eigenvalue weighted by atomic mass is 9.98. The zero-order valence-corrected chi connectivity index (χ0v) is 10.3. The summed E-state index contributed by atoms with van der Waals surface area (Å²) in [6, 6.07) is 7.37. The van der Waals surface area contributed by atoms with Crippen molar-refractivity contribution in [3.63, 3.8) is 0 Å². The van der Waals surface area contributed by atoms with Gasteiger partial charge in [-0.3, -0.25) is 4.79 Å². The zero-order valence-electron chi connectivity index (χ0n) is 10.3. The average Bonchev–Trinajstić information content (AvgIpc) is 2.81. The van der Waals surface area contributed by atoms with Crippen LogP contribution in [0.25, 0.3) is 11.4 Å². The molecule has 6 nitrogen and oxygen atoms in total. The monoisotopic (exact) mass is 258 g/mol. The summed E-state index contributed by atoms with van der Waals surface area (Å²) in [5.41, 5.74) is 7.26. The van der Waals surface area contributed by atoms with Crippen molar-refractivity contribution >= 4 is 11.7 Å². The molecule has 98 valence electrons. The number of benzene rings is 1. The van der Waals surface area contributed by atoms with Crippen LogP contribution >= 0.6 is 0 Å². The summed E-state index contributed by atoms with van der Waals surface area (Å²) in [5.74, 6) is 0.217. The Labute approximate surface area is 109 Å². The number of nitrogens with zero attached hydrogens (tertiary/aromatic N) is 3. The number of carboxylic acids is 1. The Morgan fingerprint density at radius 3 is 3.05 bits per heavy atom. The minimum atomic E-state index is -0.764. The van der Waals surface area contributed by atoms with Gasteiger partial charge in [0.05, 0.1) is 5.92 Å². The largest absolute Gasteiger partial charge is 0.481 e. The number of carbonyl (C=O) groups is 1. The van der Waals surface area contributed by atoms with Gasteiger partial charge in [0.15, 0.2) is 5.82 Å². The Kier molecular flexibility index (Phi) is 2.70. The van der Waals surface area contributed by atoms with Crippen LogP contribution in [0.4, 0.5) is 5.69 Å². The van der Waals surface area contributed by atoms with Crippen LogP contribution in [0.15, 0.2) is 24.3 Å². The molecule has 0 saturated heterocycles. The number of aliphatic carboxylic acids is 1. The van der Waals surface area contributed by atoms with Gasteiger partial charge in [-0.05, 0) is 18.6 Å². The summed E-state index contributed by atoms with van der Waals surface area (Å²) in [5, 5.41) is 13.5. The molecular weight excluding hydrogens is 244 g/mol. The molecule has 6 heteroatoms. The second kappa shape index (κ2) is 4.38. The first-order valence-electron chi connectivity index (χ1n) is 6.16. The van der Waals surface area contributed by atoms with Gasteiger partial charge in [-0.2, -0.15) is 5.10 Å². The predicted molar refractivity (Wildman–Crippen MR) is 69.3 cm³/mol. The molecule has 1 unspecified atom stereocenters. The molecule has 0 radical (unpaired) electrons. The van der Waals surface area contributed by atoms with Crippen LogP contribution < -0.4 is 5.73 Å². The Bertz CT molecular complexity index is 635. The van der Waals surface area contributed by atoms with E-state index in [-0.39, 0.29) is 5.92 Å². The van der Waals surface area contributed by atoms with Gasteiger partial charge < -0.3 is 10.8 Å². The molecule has 0 amide bonds. The van der Waals surface area contributed by atoms with Gasteiger partial charge in [0, 0.05) is 24.2 Å². The third-order valence-corrected chi connectivity index (χ3v) is 3.36. The van der Waals surface area contributed by atoms with E-state index >= 15 is 0 Å². The Morgan fingerprint density at radius 2 is 2.32 bits per heavy atom. The third-order valence-electron chi connectivity index (χ3n) is 3.36. The summed E-state index contributed by atoms with van der Waals surface area (Å²) in [6.07, 6.45) is 1.03. The lowest BCUT2D eigenvalue weighted by molar-refractivity contribution is -0.142. The highest BCUT2D eigenvalue weighted by Crippen LogP contribution is 2.23. The van der Waals surface area contributed by atoms with Crippen molar-refractivity contribution in [3.05, 3.63) is 30.1 Å². The number of anilines is 1. The number of nitrogen functional groups attached to an aromatic ring is 1. The van der Waals surface area contributed by atoms with Gasteiger partial charge in [-0.15, -0.1) is 0 Å². The second-order valence-electron chi connectivity index (χ2n) is 4.73. The zero-order chi connectivity index (χ0) is 13.4. The number of fused-ring (bicyclic) bond motifs is 1. The van der Waals surface area contributed by atoms with Gasteiger partial charge >= 0.3 is 5.97 Å². The molecule has 3 rings (SSSR count). The molecule has 0 saturated carbocycles. The maximum absolute atomic E-state index is 11.0. The molecule has 19 heavy (non-hydrogen) atoms. The van der Waals surface area contributed by atoms with Crippen LogP contribution in [-0.4, -0.2) is 25.8 Å². The molecule has 1 aliphatic heterocycles. The van der Waals surface area contributed by atoms with E-state index in [0.29, 0.717) is 30.9 Å². The van der Waals surface area contributed by atoms with Crippen molar-refractivity contribution in [2.45, 2.75) is 19.4 Å². The van der Waals surface area contributed by atoms with Crippen LogP contribution in [0.2, 0.25) is 0 Å². The van der Waals surface area contributed by atoms with Crippen LogP contribution in [0.3, 0.4) is 0 Å². The van der Waals surface area contributed by atoms with Gasteiger partial charge in [0.2, 0.25) is 0 Å². The summed E-state index contributed by atoms with van der Waals surface area (Å²) < 4.78 is 1.79. The number of hydrogen-bond acceptors (Lipinski definition) is 4. The molecular formula is C13H14N4O2. The van der Waals surface area contributed by atoms with Gasteiger partial charge in [0.1, 0.15) is 5.82 Å². The molecule has 3 N–H and O–H groups in total. The molecule has 1 aromatic carbocycles. The summed E-state index contributed by atoms with van der Waals surface area (Å²) in [7, 11) is 0. The molecule has 0 spiro atoms. The summed E-state index contributed by atoms with van der Waals surface area (Å²) in [4.78, 5) is 15.4. The van der Waals surface area contributed by atoms with Crippen molar-refractivity contribution in [3.8, 4) is 11.4 Å². The van der Waals surface area contributed by atoms with E-state index in [9.17, 15) is 4.79 Å². The smallest absolute Gasteiger partial charge is 0.307 e. The number of carboxylic acid groups (broad SMARTS) is 1. The van der Waals surface area contributed by atoms with E-state index in [1.807, 2.05) is 18.2 Å². The van der Waals surface area contributed by atoms with Crippen molar-refractivity contribution in [1.82, 2.24) is 14.8 Å². The van der Waals surface area contributed by atoms with Crippen molar-refractivity contribution in [1.29, 1.82) is 0 Å². The van der Waals surface area contributed by atoms with E-state index in [1.165, 1.54) is 0 Å². The van der Waals surface area contributed by atoms with Crippen molar-refractivity contribution in [2.24, 2.45) is 5.92 Å². The topological polar surface area (TPSA) is 94.0 Å². The molecule has 0 aliphatic carbocycles. The quantitative estimate of drug-likeness (QED) is 0.789. The Morgan fingerprint density at radius 1 is 1.47 bits per heavy atom. The molecule has 1 aliphatic rings. The standard InChI is InChI=1S/C13H14N4O2/c14-10-3-1-2-8(6-10)12-15-11-7-9(13(18)19)4-5-17(11)16-12/h1-3,6,9H,4-5,7,14H2,(H,18,19). The van der Waals surface area contributed by atoms with E-state index in [4.69, 9.17) is 10.8 Å². The molecule has 0 bridgehead atoms. The van der Waals surface area contributed by atoms with E-state index < -0.39 is 5.97 Å². The number of aryl methyl sites for hydroxylation is 1. The molecule has 1 atom stereocenters. The van der Waals surface area contributed by atoms with Crippen molar-refractivity contribution in [2.75, 3.05) is 5.73 Å². The SMILES string of the molecule is Nc1cccc(-c2nc3n(n2)CCC(C(=O)O)C3)c1. The normalized spacial score (nSPS) is 18.0. The van der Waals surface area contributed by atoms with Crippen LogP contribution in [0, 0.1) is 5.92 Å². The van der Waals surface area contributed by atoms with E-state index in [0.717, 1.165) is 11.4 Å². The molecule has 1 aromatic heterocycles. The van der Waals surface area contributed by atoms with E-state index in [1.54, 1.807) is 10.7 Å². The maximum atomic E-state index is 11.0. The number of aromatic nitrogens is 3. The van der Waals surface area contributed by atoms with Crippen molar-refractivity contribution < 1.29 is 9.90 Å². The summed E-state index contributed by atoms with van der Waals surface area (Å²) >= 11 is 0. The highest BCUT2D eigenvalue weighted by molar-refractivity contribution is 5.70. The van der Waals surface area contributed by atoms with Gasteiger partial charge in [0.25, 0.3) is 0 Å². The minimum absolute atomic E-state index is 0.356. The fourth-order valence-corrected chi connectivity index (χ4v) is 2.32. The highest BCUT2D eigenvalue weighted by atomic mass is 16.4. The second-order valence-corrected chi connectivity index (χ2v) is 4.73. The lowest BCUT2D eigenvalue weighted by Gasteiger charge is -2.17. The number of hydrogen-bond donors (Lipinski definition) is 2. The fourth-order valence-electron chi connectivity index (χ4n) is 2.32. The Hall–Kier alpha value is -2.37. The Balaban J connectivity index is 1.93. The van der Waals surface area contributed by atoms with Crippen LogP contribution in [0.1, 0.15) is 12.2 Å². The maximum Gasteiger partial charge on any atom is 0.307 e. The highest BCUT2D eigenvalue weighted by Gasteiger charge is 2.26. The fraction of sp³-hybridized carbons (Fsp3) is 0.308. The molecule has 2 heterocycles.